The van der Waals surface area contributed by atoms with Gasteiger partial charge in [0.05, 0.1) is 19.1 Å². The number of nitrogens with one attached hydrogen (secondary N) is 1. The average molecular weight is 339 g/mol. The van der Waals surface area contributed by atoms with E-state index in [-0.39, 0.29) is 5.91 Å². The Balaban J connectivity index is 2.16. The Bertz CT molecular complexity index is 612. The van der Waals surface area contributed by atoms with Crippen LogP contribution in [0.25, 0.3) is 0 Å². The maximum Gasteiger partial charge on any atom is 0.275 e. The van der Waals surface area contributed by atoms with E-state index >= 15 is 0 Å². The molecule has 0 fully saturated rings. The summed E-state index contributed by atoms with van der Waals surface area (Å²) < 4.78 is 7.82. The molecule has 7 heteroatoms. The minimum atomic E-state index is -0.294. The van der Waals surface area contributed by atoms with Crippen LogP contribution in [0.4, 0.5) is 5.69 Å². The predicted molar refractivity (Wildman–Crippen MR) is 79.9 cm³/mol. The lowest BCUT2D eigenvalue weighted by molar-refractivity contribution is 0.102. The molecule has 0 unspecified atom stereocenters. The Labute approximate surface area is 125 Å². The van der Waals surface area contributed by atoms with Crippen molar-refractivity contribution in [2.24, 2.45) is 5.73 Å². The Kier molecular flexibility index (Phi) is 4.75. The zero-order valence-corrected chi connectivity index (χ0v) is 12.6. The first-order valence-electron chi connectivity index (χ1n) is 6.00. The molecule has 0 radical (unpaired) electrons. The third kappa shape index (κ3) is 3.37. The van der Waals surface area contributed by atoms with Crippen molar-refractivity contribution in [3.05, 3.63) is 40.9 Å². The molecule has 0 atom stereocenters. The average Bonchev–Trinajstić information content (AvgIpc) is 2.88. The van der Waals surface area contributed by atoms with Gasteiger partial charge >= 0.3 is 0 Å². The summed E-state index contributed by atoms with van der Waals surface area (Å²) in [5.74, 6) is 0.292. The second-order valence-corrected chi connectivity index (χ2v) is 5.00. The fourth-order valence-electron chi connectivity index (χ4n) is 1.71. The van der Waals surface area contributed by atoms with Crippen LogP contribution in [0.5, 0.6) is 5.75 Å². The molecule has 1 aromatic carbocycles. The number of methoxy groups -OCH3 is 1. The molecule has 0 bridgehead atoms. The Morgan fingerprint density at radius 2 is 2.35 bits per heavy atom. The molecule has 0 aliphatic heterocycles. The van der Waals surface area contributed by atoms with Crippen molar-refractivity contribution in [3.8, 4) is 5.75 Å². The van der Waals surface area contributed by atoms with Gasteiger partial charge in [0.1, 0.15) is 11.4 Å². The van der Waals surface area contributed by atoms with E-state index < -0.39 is 0 Å². The second-order valence-electron chi connectivity index (χ2n) is 4.08. The minimum Gasteiger partial charge on any atom is -0.495 e. The number of hydrogen-bond acceptors (Lipinski definition) is 4. The lowest BCUT2D eigenvalue weighted by Gasteiger charge is -2.09. The van der Waals surface area contributed by atoms with Gasteiger partial charge in [-0.2, -0.15) is 0 Å². The van der Waals surface area contributed by atoms with Crippen LogP contribution < -0.4 is 15.8 Å². The first-order valence-corrected chi connectivity index (χ1v) is 6.80. The highest BCUT2D eigenvalue weighted by molar-refractivity contribution is 9.10. The number of imidazole rings is 1. The zero-order chi connectivity index (χ0) is 14.5. The molecule has 1 aromatic heterocycles. The summed E-state index contributed by atoms with van der Waals surface area (Å²) in [6.45, 7) is 1.12. The van der Waals surface area contributed by atoms with E-state index in [0.29, 0.717) is 30.2 Å². The van der Waals surface area contributed by atoms with Crippen LogP contribution in [0, 0.1) is 0 Å². The standard InChI is InChI=1S/C13H15BrN4O2/c1-20-12-3-2-9(14)6-10(12)17-13(19)11-7-18(5-4-15)8-16-11/h2-3,6-8H,4-5,15H2,1H3,(H,17,19). The summed E-state index contributed by atoms with van der Waals surface area (Å²) in [4.78, 5) is 16.2. The number of halogens is 1. The van der Waals surface area contributed by atoms with Gasteiger partial charge in [-0.1, -0.05) is 15.9 Å². The summed E-state index contributed by atoms with van der Waals surface area (Å²) in [5, 5.41) is 2.77. The van der Waals surface area contributed by atoms with Crippen molar-refractivity contribution in [2.45, 2.75) is 6.54 Å². The molecule has 0 aliphatic rings. The quantitative estimate of drug-likeness (QED) is 0.871. The molecule has 1 amide bonds. The van der Waals surface area contributed by atoms with Gasteiger partial charge < -0.3 is 20.4 Å². The number of nitrogens with zero attached hydrogens (tertiary/aromatic N) is 2. The molecule has 0 saturated heterocycles. The summed E-state index contributed by atoms with van der Waals surface area (Å²) >= 11 is 3.36. The zero-order valence-electron chi connectivity index (χ0n) is 11.0. The number of nitrogens with two attached hydrogens (primary N) is 1. The van der Waals surface area contributed by atoms with Gasteiger partial charge in [0.2, 0.25) is 0 Å². The van der Waals surface area contributed by atoms with Crippen LogP contribution in [0.3, 0.4) is 0 Å². The number of anilines is 1. The topological polar surface area (TPSA) is 82.2 Å². The fourth-order valence-corrected chi connectivity index (χ4v) is 2.07. The Morgan fingerprint density at radius 3 is 3.05 bits per heavy atom. The predicted octanol–water partition coefficient (Wildman–Crippen LogP) is 1.87. The van der Waals surface area contributed by atoms with Gasteiger partial charge in [-0.25, -0.2) is 4.98 Å². The van der Waals surface area contributed by atoms with Crippen LogP contribution in [0.15, 0.2) is 35.2 Å². The number of hydrogen-bond donors (Lipinski definition) is 2. The smallest absolute Gasteiger partial charge is 0.275 e. The van der Waals surface area contributed by atoms with E-state index in [4.69, 9.17) is 10.5 Å². The Hall–Kier alpha value is -1.86. The first-order chi connectivity index (χ1) is 9.63. The molecule has 0 spiro atoms. The second kappa shape index (κ2) is 6.53. The maximum atomic E-state index is 12.1. The van der Waals surface area contributed by atoms with Crippen LogP contribution in [0.1, 0.15) is 10.5 Å². The van der Waals surface area contributed by atoms with Crippen molar-refractivity contribution in [2.75, 3.05) is 19.0 Å². The molecule has 2 rings (SSSR count). The minimum absolute atomic E-state index is 0.294. The summed E-state index contributed by atoms with van der Waals surface area (Å²) in [5.41, 5.74) is 6.37. The molecule has 2 aromatic rings. The van der Waals surface area contributed by atoms with Crippen molar-refractivity contribution < 1.29 is 9.53 Å². The van der Waals surface area contributed by atoms with E-state index in [0.717, 1.165) is 4.47 Å². The van der Waals surface area contributed by atoms with Crippen LogP contribution in [0.2, 0.25) is 0 Å². The molecular formula is C13H15BrN4O2. The molecular weight excluding hydrogens is 324 g/mol. The summed E-state index contributed by atoms with van der Waals surface area (Å²) in [6.07, 6.45) is 3.24. The number of carbonyl (C=O) groups excluding carboxylic acids is 1. The number of ether oxygens (including phenoxy) is 1. The van der Waals surface area contributed by atoms with Crippen molar-refractivity contribution >= 4 is 27.5 Å². The van der Waals surface area contributed by atoms with Gasteiger partial charge in [0.15, 0.2) is 0 Å². The molecule has 6 nitrogen and oxygen atoms in total. The van der Waals surface area contributed by atoms with Gasteiger partial charge in [0, 0.05) is 23.8 Å². The highest BCUT2D eigenvalue weighted by Crippen LogP contribution is 2.28. The highest BCUT2D eigenvalue weighted by atomic mass is 79.9. The SMILES string of the molecule is COc1ccc(Br)cc1NC(=O)c1cn(CCN)cn1. The third-order valence-corrected chi connectivity index (χ3v) is 3.16. The number of rotatable bonds is 5. The van der Waals surface area contributed by atoms with Crippen molar-refractivity contribution in [1.82, 2.24) is 9.55 Å². The third-order valence-electron chi connectivity index (χ3n) is 2.66. The lowest BCUT2D eigenvalue weighted by atomic mass is 10.3. The van der Waals surface area contributed by atoms with Gasteiger partial charge in [-0.15, -0.1) is 0 Å². The summed E-state index contributed by atoms with van der Waals surface area (Å²) in [7, 11) is 1.55. The van der Waals surface area contributed by atoms with Crippen LogP contribution >= 0.6 is 15.9 Å². The van der Waals surface area contributed by atoms with E-state index in [2.05, 4.69) is 26.2 Å². The molecule has 0 aliphatic carbocycles. The first kappa shape index (κ1) is 14.5. The lowest BCUT2D eigenvalue weighted by Crippen LogP contribution is -2.13. The number of benzene rings is 1. The normalized spacial score (nSPS) is 10.3. The molecule has 106 valence electrons. The van der Waals surface area contributed by atoms with E-state index in [9.17, 15) is 4.79 Å². The Morgan fingerprint density at radius 1 is 1.55 bits per heavy atom. The number of amides is 1. The summed E-state index contributed by atoms with van der Waals surface area (Å²) in [6, 6.07) is 5.38. The van der Waals surface area contributed by atoms with E-state index in [1.54, 1.807) is 36.3 Å². The van der Waals surface area contributed by atoms with Crippen molar-refractivity contribution in [1.29, 1.82) is 0 Å². The van der Waals surface area contributed by atoms with Gasteiger partial charge in [-0.05, 0) is 18.2 Å². The van der Waals surface area contributed by atoms with Crippen LogP contribution in [-0.2, 0) is 6.54 Å². The maximum absolute atomic E-state index is 12.1. The molecule has 0 saturated carbocycles. The van der Waals surface area contributed by atoms with Crippen molar-refractivity contribution in [3.63, 3.8) is 0 Å². The molecule has 20 heavy (non-hydrogen) atoms. The monoisotopic (exact) mass is 338 g/mol. The van der Waals surface area contributed by atoms with E-state index in [1.165, 1.54) is 0 Å². The number of aromatic nitrogens is 2. The molecule has 1 heterocycles. The van der Waals surface area contributed by atoms with E-state index in [1.807, 2.05) is 6.07 Å². The fraction of sp³-hybridized carbons (Fsp3) is 0.231. The van der Waals surface area contributed by atoms with Gasteiger partial charge in [0.25, 0.3) is 5.91 Å². The van der Waals surface area contributed by atoms with Gasteiger partial charge in [-0.3, -0.25) is 4.79 Å². The van der Waals surface area contributed by atoms with Crippen LogP contribution in [-0.4, -0.2) is 29.1 Å². The number of carbonyl (C=O) groups is 1. The highest BCUT2D eigenvalue weighted by Gasteiger charge is 2.12. The largest absolute Gasteiger partial charge is 0.495 e. The molecule has 3 N–H and O–H groups in total.